The zero-order valence-corrected chi connectivity index (χ0v) is 19.5. The molecule has 0 radical (unpaired) electrons. The van der Waals surface area contributed by atoms with Gasteiger partial charge in [0.15, 0.2) is 5.69 Å². The Morgan fingerprint density at radius 3 is 2.14 bits per heavy atom. The van der Waals surface area contributed by atoms with Crippen molar-refractivity contribution in [3.05, 3.63) is 77.1 Å². The molecule has 2 heterocycles. The summed E-state index contributed by atoms with van der Waals surface area (Å²) < 4.78 is 39.4. The van der Waals surface area contributed by atoms with Crippen molar-refractivity contribution >= 4 is 17.5 Å². The molecule has 0 saturated carbocycles. The van der Waals surface area contributed by atoms with Crippen LogP contribution >= 0.6 is 0 Å². The van der Waals surface area contributed by atoms with Crippen LogP contribution in [0.3, 0.4) is 0 Å². The molecule has 0 atom stereocenters. The van der Waals surface area contributed by atoms with E-state index >= 15 is 0 Å². The van der Waals surface area contributed by atoms with Crippen LogP contribution in [0.4, 0.5) is 18.9 Å². The second-order valence-electron chi connectivity index (χ2n) is 8.57. The predicted octanol–water partition coefficient (Wildman–Crippen LogP) is 3.90. The monoisotopic (exact) mass is 485 g/mol. The summed E-state index contributed by atoms with van der Waals surface area (Å²) in [5, 5.41) is 6.53. The summed E-state index contributed by atoms with van der Waals surface area (Å²) in [7, 11) is 0. The first kappa shape index (κ1) is 24.5. The number of nitrogens with one attached hydrogen (secondary N) is 1. The number of piperazine rings is 1. The van der Waals surface area contributed by atoms with E-state index in [1.165, 1.54) is 6.20 Å². The summed E-state index contributed by atoms with van der Waals surface area (Å²) in [4.78, 5) is 29.1. The van der Waals surface area contributed by atoms with Crippen molar-refractivity contribution in [1.82, 2.24) is 19.6 Å². The highest BCUT2D eigenvalue weighted by Gasteiger charge is 2.33. The molecule has 1 aliphatic rings. The Bertz CT molecular complexity index is 1190. The molecule has 2 aromatic carbocycles. The molecule has 10 heteroatoms. The maximum absolute atomic E-state index is 12.9. The van der Waals surface area contributed by atoms with Gasteiger partial charge in [0.05, 0.1) is 12.2 Å². The van der Waals surface area contributed by atoms with Gasteiger partial charge >= 0.3 is 6.18 Å². The Kier molecular flexibility index (Phi) is 6.93. The number of benzene rings is 2. The summed E-state index contributed by atoms with van der Waals surface area (Å²) in [5.74, 6) is -0.252. The number of aromatic nitrogens is 2. The third-order valence-electron chi connectivity index (χ3n) is 6.03. The predicted molar refractivity (Wildman–Crippen MR) is 125 cm³/mol. The van der Waals surface area contributed by atoms with Crippen molar-refractivity contribution in [2.45, 2.75) is 20.0 Å². The van der Waals surface area contributed by atoms with Crippen LogP contribution in [0.1, 0.15) is 27.2 Å². The van der Waals surface area contributed by atoms with Gasteiger partial charge < -0.3 is 10.2 Å². The number of carbonyl (C=O) groups is 2. The number of amides is 2. The molecular formula is C25H26F3N5O2. The molecule has 1 saturated heterocycles. The van der Waals surface area contributed by atoms with Gasteiger partial charge in [-0.05, 0) is 55.3 Å². The Balaban J connectivity index is 1.30. The molecule has 3 aromatic rings. The maximum atomic E-state index is 12.9. The van der Waals surface area contributed by atoms with Crippen LogP contribution in [0, 0.1) is 13.8 Å². The van der Waals surface area contributed by atoms with Gasteiger partial charge in [-0.3, -0.25) is 14.5 Å². The molecule has 2 amide bonds. The van der Waals surface area contributed by atoms with Crippen LogP contribution in [-0.2, 0) is 11.0 Å². The van der Waals surface area contributed by atoms with Crippen molar-refractivity contribution in [1.29, 1.82) is 0 Å². The molecule has 7 nitrogen and oxygen atoms in total. The first-order valence-electron chi connectivity index (χ1n) is 11.2. The molecule has 184 valence electrons. The smallest absolute Gasteiger partial charge is 0.336 e. The summed E-state index contributed by atoms with van der Waals surface area (Å²) in [6.07, 6.45) is -3.28. The van der Waals surface area contributed by atoms with Crippen molar-refractivity contribution in [2.24, 2.45) is 0 Å². The number of hydrogen-bond donors (Lipinski definition) is 1. The van der Waals surface area contributed by atoms with E-state index < -0.39 is 11.9 Å². The van der Waals surface area contributed by atoms with Gasteiger partial charge in [0, 0.05) is 43.6 Å². The van der Waals surface area contributed by atoms with E-state index in [0.29, 0.717) is 37.4 Å². The first-order valence-corrected chi connectivity index (χ1v) is 11.2. The Morgan fingerprint density at radius 2 is 1.57 bits per heavy atom. The average molecular weight is 486 g/mol. The van der Waals surface area contributed by atoms with Gasteiger partial charge in [-0.2, -0.15) is 18.3 Å². The third-order valence-corrected chi connectivity index (χ3v) is 6.03. The molecule has 1 N–H and O–H groups in total. The minimum Gasteiger partial charge on any atom is -0.336 e. The minimum absolute atomic E-state index is 0.0925. The maximum Gasteiger partial charge on any atom is 0.435 e. The Morgan fingerprint density at radius 1 is 0.943 bits per heavy atom. The highest BCUT2D eigenvalue weighted by atomic mass is 19.4. The van der Waals surface area contributed by atoms with E-state index in [4.69, 9.17) is 0 Å². The third kappa shape index (κ3) is 5.71. The molecule has 35 heavy (non-hydrogen) atoms. The van der Waals surface area contributed by atoms with Crippen LogP contribution in [-0.4, -0.2) is 64.1 Å². The van der Waals surface area contributed by atoms with E-state index in [1.54, 1.807) is 29.2 Å². The fraction of sp³-hybridized carbons (Fsp3) is 0.320. The number of hydrogen-bond acceptors (Lipinski definition) is 4. The number of carbonyl (C=O) groups excluding carboxylic acids is 2. The number of aryl methyl sites for hydroxylation is 2. The summed E-state index contributed by atoms with van der Waals surface area (Å²) >= 11 is 0. The van der Waals surface area contributed by atoms with Gasteiger partial charge in [-0.15, -0.1) is 0 Å². The Hall–Kier alpha value is -3.66. The number of anilines is 1. The number of rotatable bonds is 5. The second-order valence-corrected chi connectivity index (χ2v) is 8.57. The molecule has 1 aromatic heterocycles. The zero-order chi connectivity index (χ0) is 25.2. The van der Waals surface area contributed by atoms with E-state index in [0.717, 1.165) is 27.6 Å². The molecule has 1 fully saturated rings. The number of alkyl halides is 3. The Labute approximate surface area is 201 Å². The number of halogens is 3. The van der Waals surface area contributed by atoms with E-state index in [2.05, 4.69) is 10.4 Å². The topological polar surface area (TPSA) is 70.5 Å². The van der Waals surface area contributed by atoms with Crippen molar-refractivity contribution in [3.63, 3.8) is 0 Å². The molecule has 0 aliphatic carbocycles. The van der Waals surface area contributed by atoms with Crippen molar-refractivity contribution in [2.75, 3.05) is 38.0 Å². The summed E-state index contributed by atoms with van der Waals surface area (Å²) in [6.45, 7) is 6.24. The molecule has 1 aliphatic heterocycles. The molecule has 0 bridgehead atoms. The standard InChI is InChI=1S/C25H26F3N5O2/c1-17-4-3-5-18(2)23(17)29-22(34)16-31-12-14-32(15-13-31)24(35)19-6-8-20(9-7-19)33-11-10-21(30-33)25(26,27)28/h3-11H,12-16H2,1-2H3,(H,29,34). The first-order chi connectivity index (χ1) is 16.6. The van der Waals surface area contributed by atoms with Gasteiger partial charge in [-0.1, -0.05) is 18.2 Å². The minimum atomic E-state index is -4.51. The van der Waals surface area contributed by atoms with Crippen molar-refractivity contribution < 1.29 is 22.8 Å². The lowest BCUT2D eigenvalue weighted by atomic mass is 10.1. The molecule has 4 rings (SSSR count). The van der Waals surface area contributed by atoms with E-state index in [1.807, 2.05) is 36.9 Å². The van der Waals surface area contributed by atoms with Crippen LogP contribution in [0.2, 0.25) is 0 Å². The number of para-hydroxylation sites is 1. The van der Waals surface area contributed by atoms with Crippen molar-refractivity contribution in [3.8, 4) is 5.69 Å². The fourth-order valence-corrected chi connectivity index (χ4v) is 4.06. The van der Waals surface area contributed by atoms with Gasteiger partial charge in [-0.25, -0.2) is 4.68 Å². The van der Waals surface area contributed by atoms with Gasteiger partial charge in [0.25, 0.3) is 5.91 Å². The molecule has 0 spiro atoms. The normalized spacial score (nSPS) is 14.7. The summed E-state index contributed by atoms with van der Waals surface area (Å²) in [6, 6.07) is 13.0. The van der Waals surface area contributed by atoms with Crippen LogP contribution in [0.15, 0.2) is 54.7 Å². The fourth-order valence-electron chi connectivity index (χ4n) is 4.06. The molecular weight excluding hydrogens is 459 g/mol. The lowest BCUT2D eigenvalue weighted by molar-refractivity contribution is -0.141. The average Bonchev–Trinajstić information content (AvgIpc) is 3.33. The number of nitrogens with zero attached hydrogens (tertiary/aromatic N) is 4. The second kappa shape index (κ2) is 9.91. The SMILES string of the molecule is Cc1cccc(C)c1NC(=O)CN1CCN(C(=O)c2ccc(-n3ccc(C(F)(F)F)n3)cc2)CC1. The molecule has 0 unspecified atom stereocenters. The quantitative estimate of drug-likeness (QED) is 0.595. The highest BCUT2D eigenvalue weighted by molar-refractivity contribution is 5.95. The van der Waals surface area contributed by atoms with Gasteiger partial charge in [0.1, 0.15) is 0 Å². The summed E-state index contributed by atoms with van der Waals surface area (Å²) in [5.41, 5.74) is 2.74. The van der Waals surface area contributed by atoms with Crippen LogP contribution < -0.4 is 5.32 Å². The largest absolute Gasteiger partial charge is 0.435 e. The zero-order valence-electron chi connectivity index (χ0n) is 19.5. The van der Waals surface area contributed by atoms with Crippen LogP contribution in [0.25, 0.3) is 5.69 Å². The lowest BCUT2D eigenvalue weighted by Gasteiger charge is -2.34. The van der Waals surface area contributed by atoms with Crippen LogP contribution in [0.5, 0.6) is 0 Å². The van der Waals surface area contributed by atoms with E-state index in [-0.39, 0.29) is 18.4 Å². The van der Waals surface area contributed by atoms with Gasteiger partial charge in [0.2, 0.25) is 5.91 Å². The van der Waals surface area contributed by atoms with E-state index in [9.17, 15) is 22.8 Å². The lowest BCUT2D eigenvalue weighted by Crippen LogP contribution is -2.50. The highest BCUT2D eigenvalue weighted by Crippen LogP contribution is 2.28.